The standard InChI is InChI=1S/C13H15Br3O2/c1-3-4-12(17)10(15)5-8-6-13(18-2)11(16)7-9(8)14/h6-7,10H,3-5H2,1-2H3. The maximum atomic E-state index is 11.8. The van der Waals surface area contributed by atoms with Crippen LogP contribution < -0.4 is 4.74 Å². The molecule has 2 nitrogen and oxygen atoms in total. The Hall–Kier alpha value is 0.130. The molecule has 0 radical (unpaired) electrons. The molecule has 0 aliphatic rings. The maximum Gasteiger partial charge on any atom is 0.146 e. The van der Waals surface area contributed by atoms with Crippen molar-refractivity contribution in [2.45, 2.75) is 31.0 Å². The zero-order chi connectivity index (χ0) is 13.7. The fourth-order valence-corrected chi connectivity index (χ4v) is 3.49. The van der Waals surface area contributed by atoms with Crippen LogP contribution >= 0.6 is 47.8 Å². The van der Waals surface area contributed by atoms with Crippen LogP contribution in [-0.2, 0) is 11.2 Å². The number of carbonyl (C=O) groups is 1. The number of halogens is 3. The molecular formula is C13H15Br3O2. The van der Waals surface area contributed by atoms with Gasteiger partial charge in [-0.25, -0.2) is 0 Å². The molecule has 0 bridgehead atoms. The molecule has 0 saturated carbocycles. The Kier molecular flexibility index (Phi) is 6.88. The summed E-state index contributed by atoms with van der Waals surface area (Å²) in [5, 5.41) is 0. The molecule has 0 amide bonds. The monoisotopic (exact) mass is 440 g/mol. The SMILES string of the molecule is CCCC(=O)C(Br)Cc1cc(OC)c(Br)cc1Br. The molecule has 0 heterocycles. The van der Waals surface area contributed by atoms with Crippen molar-refractivity contribution in [2.24, 2.45) is 0 Å². The summed E-state index contributed by atoms with van der Waals surface area (Å²) < 4.78 is 7.13. The van der Waals surface area contributed by atoms with Gasteiger partial charge in [-0.05, 0) is 46.5 Å². The normalized spacial score (nSPS) is 12.3. The lowest BCUT2D eigenvalue weighted by Gasteiger charge is -2.12. The van der Waals surface area contributed by atoms with Crippen LogP contribution in [0, 0.1) is 0 Å². The first-order valence-electron chi connectivity index (χ1n) is 5.68. The van der Waals surface area contributed by atoms with Gasteiger partial charge in [-0.2, -0.15) is 0 Å². The zero-order valence-electron chi connectivity index (χ0n) is 10.3. The van der Waals surface area contributed by atoms with Gasteiger partial charge in [0.05, 0.1) is 16.4 Å². The van der Waals surface area contributed by atoms with Crippen molar-refractivity contribution in [1.82, 2.24) is 0 Å². The molecule has 0 spiro atoms. The Morgan fingerprint density at radius 3 is 2.56 bits per heavy atom. The fraction of sp³-hybridized carbons (Fsp3) is 0.462. The second-order valence-electron chi connectivity index (χ2n) is 3.97. The molecule has 0 N–H and O–H groups in total. The number of ketones is 1. The third-order valence-electron chi connectivity index (χ3n) is 2.57. The largest absolute Gasteiger partial charge is 0.496 e. The molecule has 18 heavy (non-hydrogen) atoms. The third-order valence-corrected chi connectivity index (χ3v) is 4.76. The average molecular weight is 443 g/mol. The van der Waals surface area contributed by atoms with Crippen LogP contribution in [0.15, 0.2) is 21.1 Å². The van der Waals surface area contributed by atoms with Gasteiger partial charge in [-0.3, -0.25) is 4.79 Å². The second kappa shape index (κ2) is 7.65. The summed E-state index contributed by atoms with van der Waals surface area (Å²) in [6.45, 7) is 2.01. The Balaban J connectivity index is 2.87. The van der Waals surface area contributed by atoms with Crippen molar-refractivity contribution in [3.63, 3.8) is 0 Å². The predicted molar refractivity (Wildman–Crippen MR) is 84.7 cm³/mol. The summed E-state index contributed by atoms with van der Waals surface area (Å²) in [6, 6.07) is 3.89. The van der Waals surface area contributed by atoms with E-state index in [4.69, 9.17) is 4.74 Å². The zero-order valence-corrected chi connectivity index (χ0v) is 15.1. The van der Waals surface area contributed by atoms with E-state index in [0.717, 1.165) is 26.7 Å². The fourth-order valence-electron chi connectivity index (χ4n) is 1.59. The van der Waals surface area contributed by atoms with Crippen LogP contribution in [0.2, 0.25) is 0 Å². The quantitative estimate of drug-likeness (QED) is 0.586. The van der Waals surface area contributed by atoms with Crippen molar-refractivity contribution in [2.75, 3.05) is 7.11 Å². The van der Waals surface area contributed by atoms with Crippen molar-refractivity contribution in [3.05, 3.63) is 26.6 Å². The van der Waals surface area contributed by atoms with Crippen LogP contribution in [0.4, 0.5) is 0 Å². The number of ether oxygens (including phenoxy) is 1. The minimum atomic E-state index is -0.139. The van der Waals surface area contributed by atoms with Gasteiger partial charge in [-0.1, -0.05) is 38.8 Å². The summed E-state index contributed by atoms with van der Waals surface area (Å²) >= 11 is 10.4. The van der Waals surface area contributed by atoms with E-state index in [1.165, 1.54) is 0 Å². The summed E-state index contributed by atoms with van der Waals surface area (Å²) in [4.78, 5) is 11.6. The number of hydrogen-bond donors (Lipinski definition) is 0. The predicted octanol–water partition coefficient (Wildman–Crippen LogP) is 4.90. The van der Waals surface area contributed by atoms with Crippen molar-refractivity contribution in [3.8, 4) is 5.75 Å². The first kappa shape index (κ1) is 16.2. The van der Waals surface area contributed by atoms with Gasteiger partial charge < -0.3 is 4.74 Å². The molecule has 1 unspecified atom stereocenters. The number of rotatable bonds is 6. The van der Waals surface area contributed by atoms with Crippen LogP contribution in [0.5, 0.6) is 5.75 Å². The molecule has 1 rings (SSSR count). The lowest BCUT2D eigenvalue weighted by Crippen LogP contribution is -2.16. The molecule has 1 atom stereocenters. The molecule has 0 saturated heterocycles. The minimum Gasteiger partial charge on any atom is -0.496 e. The highest BCUT2D eigenvalue weighted by Crippen LogP contribution is 2.32. The molecule has 0 aliphatic heterocycles. The van der Waals surface area contributed by atoms with E-state index in [2.05, 4.69) is 47.8 Å². The number of Topliss-reactive ketones (excluding diaryl/α,β-unsaturated/α-hetero) is 1. The topological polar surface area (TPSA) is 26.3 Å². The smallest absolute Gasteiger partial charge is 0.146 e. The van der Waals surface area contributed by atoms with E-state index in [0.29, 0.717) is 12.8 Å². The van der Waals surface area contributed by atoms with Crippen molar-refractivity contribution in [1.29, 1.82) is 0 Å². The van der Waals surface area contributed by atoms with Gasteiger partial charge in [0.15, 0.2) is 0 Å². The highest BCUT2D eigenvalue weighted by Gasteiger charge is 2.17. The first-order valence-corrected chi connectivity index (χ1v) is 8.18. The van der Waals surface area contributed by atoms with E-state index in [9.17, 15) is 4.79 Å². The van der Waals surface area contributed by atoms with Crippen molar-refractivity contribution < 1.29 is 9.53 Å². The van der Waals surface area contributed by atoms with Crippen LogP contribution in [0.25, 0.3) is 0 Å². The molecule has 0 fully saturated rings. The molecule has 5 heteroatoms. The molecule has 1 aromatic carbocycles. The van der Waals surface area contributed by atoms with Gasteiger partial charge in [0, 0.05) is 10.9 Å². The van der Waals surface area contributed by atoms with Crippen LogP contribution in [0.1, 0.15) is 25.3 Å². The van der Waals surface area contributed by atoms with E-state index >= 15 is 0 Å². The van der Waals surface area contributed by atoms with E-state index in [1.807, 2.05) is 19.1 Å². The van der Waals surface area contributed by atoms with Gasteiger partial charge >= 0.3 is 0 Å². The Morgan fingerprint density at radius 1 is 1.33 bits per heavy atom. The van der Waals surface area contributed by atoms with E-state index in [1.54, 1.807) is 7.11 Å². The Morgan fingerprint density at radius 2 is 2.00 bits per heavy atom. The summed E-state index contributed by atoms with van der Waals surface area (Å²) in [6.07, 6.45) is 2.15. The highest BCUT2D eigenvalue weighted by molar-refractivity contribution is 9.11. The first-order chi connectivity index (χ1) is 8.49. The number of benzene rings is 1. The Labute approximate surface area is 133 Å². The van der Waals surface area contributed by atoms with Crippen LogP contribution in [-0.4, -0.2) is 17.7 Å². The lowest BCUT2D eigenvalue weighted by molar-refractivity contribution is -0.118. The average Bonchev–Trinajstić information content (AvgIpc) is 2.32. The summed E-state index contributed by atoms with van der Waals surface area (Å²) in [5.74, 6) is 1.02. The van der Waals surface area contributed by atoms with Crippen LogP contribution in [0.3, 0.4) is 0 Å². The van der Waals surface area contributed by atoms with Crippen molar-refractivity contribution >= 4 is 53.6 Å². The molecule has 0 aliphatic carbocycles. The lowest BCUT2D eigenvalue weighted by atomic mass is 10.0. The number of methoxy groups -OCH3 is 1. The maximum absolute atomic E-state index is 11.8. The molecule has 0 aromatic heterocycles. The van der Waals surface area contributed by atoms with Gasteiger partial charge in [0.1, 0.15) is 11.5 Å². The third kappa shape index (κ3) is 4.35. The summed E-state index contributed by atoms with van der Waals surface area (Å²) in [7, 11) is 1.63. The highest BCUT2D eigenvalue weighted by atomic mass is 79.9. The summed E-state index contributed by atoms with van der Waals surface area (Å²) in [5.41, 5.74) is 1.06. The second-order valence-corrected chi connectivity index (χ2v) is 6.78. The number of hydrogen-bond acceptors (Lipinski definition) is 2. The Bertz CT molecular complexity index is 432. The van der Waals surface area contributed by atoms with E-state index in [-0.39, 0.29) is 10.6 Å². The van der Waals surface area contributed by atoms with Gasteiger partial charge in [-0.15, -0.1) is 0 Å². The van der Waals surface area contributed by atoms with E-state index < -0.39 is 0 Å². The molecule has 100 valence electrons. The number of alkyl halides is 1. The van der Waals surface area contributed by atoms with Gasteiger partial charge in [0.25, 0.3) is 0 Å². The molecular weight excluding hydrogens is 428 g/mol. The number of carbonyl (C=O) groups excluding carboxylic acids is 1. The van der Waals surface area contributed by atoms with Gasteiger partial charge in [0.2, 0.25) is 0 Å². The molecule has 1 aromatic rings. The minimum absolute atomic E-state index is 0.139.